The molecule has 210 valence electrons. The molecule has 4 rings (SSSR count). The van der Waals surface area contributed by atoms with E-state index in [1.54, 1.807) is 17.7 Å². The monoisotopic (exact) mass is 630 g/mol. The Balaban J connectivity index is 1.53. The molecule has 3 saturated heterocycles. The molecule has 0 N–H and O–H groups in total. The van der Waals surface area contributed by atoms with Gasteiger partial charge in [0.05, 0.1) is 0 Å². The molecule has 6 heteroatoms. The zero-order valence-corrected chi connectivity index (χ0v) is 28.9. The Bertz CT molecular complexity index is 702. The van der Waals surface area contributed by atoms with E-state index in [1.807, 2.05) is 0 Å². The topological polar surface area (TPSA) is 36.9 Å². The normalized spacial score (nSPS) is 36.0. The van der Waals surface area contributed by atoms with Gasteiger partial charge in [-0.2, -0.15) is 0 Å². The second-order valence-electron chi connectivity index (χ2n) is 14.6. The van der Waals surface area contributed by atoms with Crippen molar-refractivity contribution in [2.45, 2.75) is 141 Å². The molecule has 0 radical (unpaired) electrons. The van der Waals surface area contributed by atoms with E-state index in [1.165, 1.54) is 44.9 Å². The first-order chi connectivity index (χ1) is 17.0. The van der Waals surface area contributed by atoms with E-state index in [0.717, 1.165) is 13.2 Å². The van der Waals surface area contributed by atoms with E-state index in [-0.39, 0.29) is 23.5 Å². The van der Waals surface area contributed by atoms with Crippen LogP contribution >= 0.6 is 0 Å². The molecule has 0 bridgehead atoms. The summed E-state index contributed by atoms with van der Waals surface area (Å²) in [5, 5.41) is 0.210. The third-order valence-corrected chi connectivity index (χ3v) is 31.8. The second-order valence-corrected chi connectivity index (χ2v) is 33.3. The molecule has 3 heterocycles. The van der Waals surface area contributed by atoms with Gasteiger partial charge in [-0.3, -0.25) is 0 Å². The van der Waals surface area contributed by atoms with Gasteiger partial charge in [-0.05, 0) is 0 Å². The molecule has 36 heavy (non-hydrogen) atoms. The van der Waals surface area contributed by atoms with Gasteiger partial charge in [-0.15, -0.1) is 0 Å². The zero-order chi connectivity index (χ0) is 26.2. The molecular weight excluding hydrogens is 571 g/mol. The minimum atomic E-state index is -2.31. The molecule has 7 atom stereocenters. The van der Waals surface area contributed by atoms with Crippen LogP contribution in [-0.2, 0) is 18.6 Å². The average Bonchev–Trinajstić information content (AvgIpc) is 3.47. The number of unbranched alkanes of at least 4 members (excludes halogenated alkanes) is 3. The molecule has 0 spiro atoms. The summed E-state index contributed by atoms with van der Waals surface area (Å²) in [6.45, 7) is 21.4. The van der Waals surface area contributed by atoms with Crippen molar-refractivity contribution < 1.29 is 18.6 Å². The minimum absolute atomic E-state index is 0.0258. The summed E-state index contributed by atoms with van der Waals surface area (Å²) < 4.78 is 32.9. The first-order valence-electron chi connectivity index (χ1n) is 15.5. The molecule has 0 aromatic heterocycles. The summed E-state index contributed by atoms with van der Waals surface area (Å²) in [6.07, 6.45) is 9.96. The van der Waals surface area contributed by atoms with Crippen LogP contribution in [-0.4, -0.2) is 65.0 Å². The predicted octanol–water partition coefficient (Wildman–Crippen LogP) is 8.25. The van der Waals surface area contributed by atoms with Crippen LogP contribution in [0.15, 0.2) is 0 Å². The maximum atomic E-state index is 6.79. The van der Waals surface area contributed by atoms with Crippen LogP contribution in [0.1, 0.15) is 86.5 Å². The van der Waals surface area contributed by atoms with Crippen LogP contribution in [0, 0.1) is 23.2 Å². The van der Waals surface area contributed by atoms with Crippen molar-refractivity contribution in [2.75, 3.05) is 19.8 Å². The number of ether oxygens (including phenoxy) is 3. The quantitative estimate of drug-likeness (QED) is 0.182. The Morgan fingerprint density at radius 3 is 2.11 bits per heavy atom. The Morgan fingerprint density at radius 2 is 1.56 bits per heavy atom. The standard InChI is InChI=1S/C18H31O4Si.3C4H9.Sn/c1-17(2,3)23(5,6)21-9-12-15-13-11(8-19-15)7-18(4)10-20-16(22-12)14(13)18;3*1-3-4-2;/h11-16H,4,7-10H2,1-3,5-6H3;3*1,3-4H2,2H3;/t11-,12-,13+,14-,15-,16+,18+;;;;/m1..../s1. The summed E-state index contributed by atoms with van der Waals surface area (Å²) in [5.41, 5.74) is 0.374. The van der Waals surface area contributed by atoms with Crippen molar-refractivity contribution in [1.82, 2.24) is 0 Å². The van der Waals surface area contributed by atoms with Crippen molar-refractivity contribution in [3.05, 3.63) is 0 Å². The fraction of sp³-hybridized carbons (Fsp3) is 1.00. The van der Waals surface area contributed by atoms with Crippen LogP contribution in [0.5, 0.6) is 0 Å². The predicted molar refractivity (Wildman–Crippen MR) is 155 cm³/mol. The summed E-state index contributed by atoms with van der Waals surface area (Å²) in [5.74, 6) is 1.88. The van der Waals surface area contributed by atoms with Gasteiger partial charge in [0, 0.05) is 0 Å². The van der Waals surface area contributed by atoms with Crippen LogP contribution < -0.4 is 0 Å². The number of rotatable bonds is 14. The Kier molecular flexibility index (Phi) is 9.75. The summed E-state index contributed by atoms with van der Waals surface area (Å²) in [6, 6.07) is 0. The van der Waals surface area contributed by atoms with Crippen LogP contribution in [0.4, 0.5) is 0 Å². The van der Waals surface area contributed by atoms with Crippen molar-refractivity contribution >= 4 is 26.7 Å². The van der Waals surface area contributed by atoms with Gasteiger partial charge in [0.1, 0.15) is 0 Å². The van der Waals surface area contributed by atoms with E-state index in [2.05, 4.69) is 54.6 Å². The van der Waals surface area contributed by atoms with Gasteiger partial charge in [0.2, 0.25) is 0 Å². The van der Waals surface area contributed by atoms with Crippen molar-refractivity contribution in [1.29, 1.82) is 0 Å². The molecule has 0 aromatic rings. The van der Waals surface area contributed by atoms with E-state index >= 15 is 0 Å². The molecule has 4 nitrogen and oxygen atoms in total. The fourth-order valence-electron chi connectivity index (χ4n) is 8.11. The average molecular weight is 630 g/mol. The first kappa shape index (κ1) is 29.8. The van der Waals surface area contributed by atoms with E-state index in [9.17, 15) is 0 Å². The van der Waals surface area contributed by atoms with E-state index in [4.69, 9.17) is 18.6 Å². The van der Waals surface area contributed by atoms with Gasteiger partial charge in [0.25, 0.3) is 0 Å². The van der Waals surface area contributed by atoms with Gasteiger partial charge < -0.3 is 0 Å². The zero-order valence-electron chi connectivity index (χ0n) is 25.0. The van der Waals surface area contributed by atoms with Crippen LogP contribution in [0.2, 0.25) is 35.9 Å². The summed E-state index contributed by atoms with van der Waals surface area (Å²) in [4.78, 5) is 0. The molecule has 0 unspecified atom stereocenters. The van der Waals surface area contributed by atoms with Gasteiger partial charge in [-0.1, -0.05) is 0 Å². The maximum absolute atomic E-state index is 6.79. The molecule has 1 saturated carbocycles. The van der Waals surface area contributed by atoms with Gasteiger partial charge >= 0.3 is 229 Å². The summed E-state index contributed by atoms with van der Waals surface area (Å²) in [7, 11) is -1.83. The second kappa shape index (κ2) is 11.8. The Labute approximate surface area is 228 Å². The van der Waals surface area contributed by atoms with E-state index in [0.29, 0.717) is 29.8 Å². The van der Waals surface area contributed by atoms with Crippen molar-refractivity contribution in [2.24, 2.45) is 23.2 Å². The van der Waals surface area contributed by atoms with Gasteiger partial charge in [0.15, 0.2) is 0 Å². The molecule has 0 aromatic carbocycles. The third kappa shape index (κ3) is 5.82. The SMILES string of the molecule is CCC[CH2][Sn]([CH2]CCC)([CH2]CCC)[CH2][C@@]12CO[C@H]3O[C@H](CO[Si](C)(C)C(C)(C)C)[C@H]4OC[C@@H](C1)[C@H]4[C@H]32. The molecule has 0 amide bonds. The number of hydrogen-bond donors (Lipinski definition) is 0. The van der Waals surface area contributed by atoms with Crippen molar-refractivity contribution in [3.63, 3.8) is 0 Å². The van der Waals surface area contributed by atoms with Crippen LogP contribution in [0.3, 0.4) is 0 Å². The molecule has 1 aliphatic carbocycles. The molecule has 3 aliphatic heterocycles. The Morgan fingerprint density at radius 1 is 0.944 bits per heavy atom. The molecule has 4 fully saturated rings. The van der Waals surface area contributed by atoms with Gasteiger partial charge in [-0.25, -0.2) is 0 Å². The fourth-order valence-corrected chi connectivity index (χ4v) is 27.9. The van der Waals surface area contributed by atoms with Crippen LogP contribution in [0.25, 0.3) is 0 Å². The molecular formula is C30H58O4SiSn. The van der Waals surface area contributed by atoms with Crippen molar-refractivity contribution in [3.8, 4) is 0 Å². The summed E-state index contributed by atoms with van der Waals surface area (Å²) >= 11 is -2.31. The first-order valence-corrected chi connectivity index (χ1v) is 26.5. The van der Waals surface area contributed by atoms with E-state index < -0.39 is 26.7 Å². The third-order valence-electron chi connectivity index (χ3n) is 11.0. The number of hydrogen-bond acceptors (Lipinski definition) is 4. The molecule has 4 aliphatic rings. The Hall–Kier alpha value is 0.856.